The van der Waals surface area contributed by atoms with Gasteiger partial charge in [-0.1, -0.05) is 0 Å². The minimum atomic E-state index is 0.683. The molecule has 1 atom stereocenters. The van der Waals surface area contributed by atoms with Gasteiger partial charge in [-0.25, -0.2) is 9.97 Å². The zero-order chi connectivity index (χ0) is 16.4. The van der Waals surface area contributed by atoms with Crippen molar-refractivity contribution in [1.82, 2.24) is 19.7 Å². The summed E-state index contributed by atoms with van der Waals surface area (Å²) in [4.78, 5) is 13.8. The third-order valence-electron chi connectivity index (χ3n) is 5.21. The van der Waals surface area contributed by atoms with E-state index in [0.717, 1.165) is 44.2 Å². The number of anilines is 2. The highest BCUT2D eigenvalue weighted by molar-refractivity contribution is 5.50. The molecule has 4 heterocycles. The Labute approximate surface area is 143 Å². The van der Waals surface area contributed by atoms with Crippen molar-refractivity contribution in [1.29, 1.82) is 0 Å². The Morgan fingerprint density at radius 1 is 1.04 bits per heavy atom. The van der Waals surface area contributed by atoms with Crippen LogP contribution in [-0.2, 0) is 13.5 Å². The lowest BCUT2D eigenvalue weighted by Gasteiger charge is -2.28. The number of aromatic nitrogens is 4. The molecule has 2 aromatic rings. The highest BCUT2D eigenvalue weighted by atomic mass is 15.2. The van der Waals surface area contributed by atoms with Gasteiger partial charge in [-0.3, -0.25) is 4.68 Å². The molecule has 2 aliphatic rings. The van der Waals surface area contributed by atoms with E-state index in [9.17, 15) is 0 Å². The Kier molecular flexibility index (Phi) is 4.36. The number of nitrogens with zero attached hydrogens (tertiary/aromatic N) is 6. The molecule has 6 heteroatoms. The molecule has 0 aromatic carbocycles. The van der Waals surface area contributed by atoms with Crippen LogP contribution < -0.4 is 9.80 Å². The monoisotopic (exact) mass is 326 g/mol. The van der Waals surface area contributed by atoms with Gasteiger partial charge in [0.25, 0.3) is 0 Å². The molecule has 0 saturated carbocycles. The molecule has 0 spiro atoms. The number of aryl methyl sites for hydroxylation is 1. The van der Waals surface area contributed by atoms with Crippen molar-refractivity contribution in [2.24, 2.45) is 13.0 Å². The molecule has 0 amide bonds. The predicted octanol–water partition coefficient (Wildman–Crippen LogP) is 2.27. The summed E-state index contributed by atoms with van der Waals surface area (Å²) in [6, 6.07) is 2.18. The van der Waals surface area contributed by atoms with Crippen LogP contribution in [0.4, 0.5) is 11.6 Å². The quantitative estimate of drug-likeness (QED) is 0.863. The maximum absolute atomic E-state index is 4.53. The van der Waals surface area contributed by atoms with Gasteiger partial charge in [0, 0.05) is 45.5 Å². The molecule has 4 rings (SSSR count). The van der Waals surface area contributed by atoms with E-state index in [2.05, 4.69) is 37.1 Å². The van der Waals surface area contributed by atoms with Crippen LogP contribution in [0.5, 0.6) is 0 Å². The topological polar surface area (TPSA) is 50.1 Å². The zero-order valence-corrected chi connectivity index (χ0v) is 14.4. The average molecular weight is 326 g/mol. The van der Waals surface area contributed by atoms with Crippen LogP contribution in [0.15, 0.2) is 24.8 Å². The van der Waals surface area contributed by atoms with Crippen molar-refractivity contribution in [3.8, 4) is 0 Å². The lowest BCUT2D eigenvalue weighted by Crippen LogP contribution is -2.30. The molecular weight excluding hydrogens is 300 g/mol. The molecule has 24 heavy (non-hydrogen) atoms. The summed E-state index contributed by atoms with van der Waals surface area (Å²) in [5, 5.41) is 4.28. The van der Waals surface area contributed by atoms with E-state index in [1.54, 1.807) is 6.33 Å². The summed E-state index contributed by atoms with van der Waals surface area (Å²) in [5.41, 5.74) is 1.33. The predicted molar refractivity (Wildman–Crippen MR) is 95.3 cm³/mol. The van der Waals surface area contributed by atoms with E-state index in [-0.39, 0.29) is 0 Å². The molecule has 1 unspecified atom stereocenters. The summed E-state index contributed by atoms with van der Waals surface area (Å²) < 4.78 is 1.89. The van der Waals surface area contributed by atoms with Gasteiger partial charge in [-0.2, -0.15) is 5.10 Å². The maximum Gasteiger partial charge on any atom is 0.134 e. The number of hydrogen-bond acceptors (Lipinski definition) is 5. The molecular formula is C18H26N6. The largest absolute Gasteiger partial charge is 0.356 e. The maximum atomic E-state index is 4.53. The van der Waals surface area contributed by atoms with E-state index in [4.69, 9.17) is 0 Å². The van der Waals surface area contributed by atoms with Crippen molar-refractivity contribution in [2.75, 3.05) is 36.0 Å². The van der Waals surface area contributed by atoms with E-state index in [1.165, 1.54) is 31.2 Å². The fraction of sp³-hybridized carbons (Fsp3) is 0.611. The van der Waals surface area contributed by atoms with Crippen molar-refractivity contribution in [3.05, 3.63) is 30.4 Å². The molecule has 6 nitrogen and oxygen atoms in total. The van der Waals surface area contributed by atoms with Gasteiger partial charge in [0.15, 0.2) is 0 Å². The van der Waals surface area contributed by atoms with E-state index < -0.39 is 0 Å². The normalized spacial score (nSPS) is 21.5. The third kappa shape index (κ3) is 3.37. The van der Waals surface area contributed by atoms with Gasteiger partial charge >= 0.3 is 0 Å². The lowest BCUT2D eigenvalue weighted by molar-refractivity contribution is 0.572. The van der Waals surface area contributed by atoms with Crippen LogP contribution in [-0.4, -0.2) is 45.9 Å². The lowest BCUT2D eigenvalue weighted by atomic mass is 10.0. The summed E-state index contributed by atoms with van der Waals surface area (Å²) in [6.07, 6.45) is 12.1. The van der Waals surface area contributed by atoms with Gasteiger partial charge in [-0.05, 0) is 43.6 Å². The van der Waals surface area contributed by atoms with Crippen LogP contribution in [0.3, 0.4) is 0 Å². The van der Waals surface area contributed by atoms with E-state index in [0.29, 0.717) is 5.92 Å². The first-order valence-corrected chi connectivity index (χ1v) is 9.07. The number of rotatable bonds is 4. The van der Waals surface area contributed by atoms with Crippen molar-refractivity contribution in [2.45, 2.75) is 32.1 Å². The van der Waals surface area contributed by atoms with Crippen molar-refractivity contribution >= 4 is 11.6 Å². The number of piperidine rings is 1. The summed E-state index contributed by atoms with van der Waals surface area (Å²) in [6.45, 7) is 4.41. The highest BCUT2D eigenvalue weighted by Gasteiger charge is 2.25. The van der Waals surface area contributed by atoms with Crippen LogP contribution in [0, 0.1) is 5.92 Å². The summed E-state index contributed by atoms with van der Waals surface area (Å²) in [7, 11) is 1.98. The fourth-order valence-electron chi connectivity index (χ4n) is 3.92. The van der Waals surface area contributed by atoms with Crippen molar-refractivity contribution < 1.29 is 0 Å². The smallest absolute Gasteiger partial charge is 0.134 e. The Bertz CT molecular complexity index is 676. The van der Waals surface area contributed by atoms with Gasteiger partial charge in [-0.15, -0.1) is 0 Å². The highest BCUT2D eigenvalue weighted by Crippen LogP contribution is 2.27. The van der Waals surface area contributed by atoms with E-state index >= 15 is 0 Å². The minimum Gasteiger partial charge on any atom is -0.356 e. The third-order valence-corrected chi connectivity index (χ3v) is 5.21. The Morgan fingerprint density at radius 3 is 2.58 bits per heavy atom. The molecule has 2 saturated heterocycles. The summed E-state index contributed by atoms with van der Waals surface area (Å²) in [5.74, 6) is 2.86. The van der Waals surface area contributed by atoms with E-state index in [1.807, 2.05) is 17.9 Å². The molecule has 0 radical (unpaired) electrons. The van der Waals surface area contributed by atoms with Gasteiger partial charge < -0.3 is 9.80 Å². The molecule has 2 aromatic heterocycles. The first-order valence-electron chi connectivity index (χ1n) is 9.07. The molecule has 2 fully saturated rings. The zero-order valence-electron chi connectivity index (χ0n) is 14.4. The molecule has 0 bridgehead atoms. The van der Waals surface area contributed by atoms with Gasteiger partial charge in [0.05, 0.1) is 6.20 Å². The number of hydrogen-bond donors (Lipinski definition) is 0. The SMILES string of the molecule is Cn1cc(CC2CCN(c3cc(N4CCCCC4)ncn3)C2)cn1. The van der Waals surface area contributed by atoms with Crippen LogP contribution >= 0.6 is 0 Å². The second kappa shape index (κ2) is 6.79. The Balaban J connectivity index is 1.41. The Hall–Kier alpha value is -2.11. The second-order valence-electron chi connectivity index (χ2n) is 7.11. The molecule has 128 valence electrons. The van der Waals surface area contributed by atoms with Gasteiger partial charge in [0.1, 0.15) is 18.0 Å². The molecule has 2 aliphatic heterocycles. The summed E-state index contributed by atoms with van der Waals surface area (Å²) >= 11 is 0. The Morgan fingerprint density at radius 2 is 1.83 bits per heavy atom. The minimum absolute atomic E-state index is 0.683. The van der Waals surface area contributed by atoms with Crippen LogP contribution in [0.25, 0.3) is 0 Å². The average Bonchev–Trinajstić information content (AvgIpc) is 3.25. The van der Waals surface area contributed by atoms with Crippen LogP contribution in [0.1, 0.15) is 31.2 Å². The van der Waals surface area contributed by atoms with Gasteiger partial charge in [0.2, 0.25) is 0 Å². The first-order chi connectivity index (χ1) is 11.8. The van der Waals surface area contributed by atoms with Crippen LogP contribution in [0.2, 0.25) is 0 Å². The fourth-order valence-corrected chi connectivity index (χ4v) is 3.92. The molecule has 0 N–H and O–H groups in total. The second-order valence-corrected chi connectivity index (χ2v) is 7.11. The standard InChI is InChI=1S/C18H26N6/c1-22-12-16(11-21-22)9-15-5-8-24(13-15)18-10-17(19-14-20-18)23-6-3-2-4-7-23/h10-12,14-15H,2-9,13H2,1H3. The molecule has 0 aliphatic carbocycles. The van der Waals surface area contributed by atoms with Crippen molar-refractivity contribution in [3.63, 3.8) is 0 Å². The first kappa shape index (κ1) is 15.4.